The van der Waals surface area contributed by atoms with Gasteiger partial charge in [-0.3, -0.25) is 10.2 Å². The van der Waals surface area contributed by atoms with E-state index in [0.717, 1.165) is 11.6 Å². The summed E-state index contributed by atoms with van der Waals surface area (Å²) in [6, 6.07) is 16.4. The van der Waals surface area contributed by atoms with Gasteiger partial charge in [0.15, 0.2) is 16.7 Å². The SMILES string of the molecule is O=C(CSC1=NNC2C3CC(c4ccccc4)NN3C=CN12)Nc1ccc2c(c1)OCCO2. The average Bonchev–Trinajstić information content (AvgIpc) is 3.47. The van der Waals surface area contributed by atoms with Crippen LogP contribution in [0.25, 0.3) is 0 Å². The number of rotatable bonds is 4. The molecule has 10 heteroatoms. The van der Waals surface area contributed by atoms with Gasteiger partial charge in [0.05, 0.1) is 17.8 Å². The van der Waals surface area contributed by atoms with Gasteiger partial charge in [0.1, 0.15) is 19.4 Å². The number of anilines is 1. The number of ether oxygens (including phenoxy) is 2. The highest BCUT2D eigenvalue weighted by Gasteiger charge is 2.44. The Bertz CT molecular complexity index is 1110. The molecule has 0 saturated carbocycles. The molecular weight excluding hydrogens is 440 g/mol. The molecule has 33 heavy (non-hydrogen) atoms. The minimum atomic E-state index is -0.0999. The van der Waals surface area contributed by atoms with E-state index in [0.29, 0.717) is 30.4 Å². The minimum Gasteiger partial charge on any atom is -0.486 e. The van der Waals surface area contributed by atoms with Gasteiger partial charge >= 0.3 is 0 Å². The van der Waals surface area contributed by atoms with Crippen molar-refractivity contribution in [3.05, 3.63) is 66.5 Å². The summed E-state index contributed by atoms with van der Waals surface area (Å²) in [5.41, 5.74) is 8.79. The van der Waals surface area contributed by atoms with Crippen LogP contribution in [0.1, 0.15) is 18.0 Å². The quantitative estimate of drug-likeness (QED) is 0.636. The smallest absolute Gasteiger partial charge is 0.234 e. The van der Waals surface area contributed by atoms with Crippen molar-refractivity contribution in [1.82, 2.24) is 20.8 Å². The number of amides is 1. The van der Waals surface area contributed by atoms with Crippen molar-refractivity contribution in [2.24, 2.45) is 5.10 Å². The van der Waals surface area contributed by atoms with Crippen molar-refractivity contribution in [3.8, 4) is 11.5 Å². The first kappa shape index (κ1) is 20.3. The molecule has 4 heterocycles. The molecule has 4 aliphatic heterocycles. The lowest BCUT2D eigenvalue weighted by molar-refractivity contribution is -0.113. The Balaban J connectivity index is 1.05. The molecule has 0 spiro atoms. The van der Waals surface area contributed by atoms with Crippen LogP contribution >= 0.6 is 11.8 Å². The number of carbonyl (C=O) groups excluding carboxylic acids is 1. The van der Waals surface area contributed by atoms with Gasteiger partial charge in [-0.05, 0) is 24.1 Å². The second-order valence-corrected chi connectivity index (χ2v) is 9.11. The molecule has 0 aromatic heterocycles. The lowest BCUT2D eigenvalue weighted by Crippen LogP contribution is -2.54. The topological polar surface area (TPSA) is 90.5 Å². The third-order valence-electron chi connectivity index (χ3n) is 6.07. The van der Waals surface area contributed by atoms with Gasteiger partial charge in [0.2, 0.25) is 5.91 Å². The Hall–Kier alpha value is -3.37. The highest BCUT2D eigenvalue weighted by atomic mass is 32.2. The Morgan fingerprint density at radius 3 is 2.85 bits per heavy atom. The summed E-state index contributed by atoms with van der Waals surface area (Å²) in [5.74, 6) is 1.51. The van der Waals surface area contributed by atoms with E-state index in [4.69, 9.17) is 9.47 Å². The van der Waals surface area contributed by atoms with Crippen molar-refractivity contribution in [1.29, 1.82) is 0 Å². The first-order valence-electron chi connectivity index (χ1n) is 11.0. The van der Waals surface area contributed by atoms with Gasteiger partial charge in [-0.15, -0.1) is 0 Å². The fourth-order valence-electron chi connectivity index (χ4n) is 4.50. The fraction of sp³-hybridized carbons (Fsp3) is 0.304. The van der Waals surface area contributed by atoms with Crippen LogP contribution in [-0.2, 0) is 4.79 Å². The molecule has 3 atom stereocenters. The molecule has 3 N–H and O–H groups in total. The largest absolute Gasteiger partial charge is 0.486 e. The number of carbonyl (C=O) groups is 1. The number of benzene rings is 2. The van der Waals surface area contributed by atoms with E-state index in [1.807, 2.05) is 30.6 Å². The number of thioether (sulfide) groups is 1. The Morgan fingerprint density at radius 2 is 1.97 bits per heavy atom. The van der Waals surface area contributed by atoms with Crippen LogP contribution in [-0.4, -0.2) is 52.2 Å². The molecule has 9 nitrogen and oxygen atoms in total. The Kier molecular flexibility index (Phi) is 5.23. The minimum absolute atomic E-state index is 0.0274. The van der Waals surface area contributed by atoms with Gasteiger partial charge in [-0.25, -0.2) is 5.43 Å². The van der Waals surface area contributed by atoms with Crippen LogP contribution in [0.2, 0.25) is 0 Å². The first-order chi connectivity index (χ1) is 16.2. The number of hydrogen-bond acceptors (Lipinski definition) is 9. The zero-order chi connectivity index (χ0) is 22.2. The maximum atomic E-state index is 12.5. The molecule has 1 fully saturated rings. The molecule has 1 amide bonds. The summed E-state index contributed by atoms with van der Waals surface area (Å²) >= 11 is 1.41. The first-order valence-corrected chi connectivity index (χ1v) is 11.9. The summed E-state index contributed by atoms with van der Waals surface area (Å²) in [7, 11) is 0. The highest BCUT2D eigenvalue weighted by molar-refractivity contribution is 8.14. The van der Waals surface area contributed by atoms with Crippen LogP contribution in [0, 0.1) is 0 Å². The lowest BCUT2D eigenvalue weighted by atomic mass is 10.00. The van der Waals surface area contributed by atoms with Gasteiger partial charge in [0, 0.05) is 24.2 Å². The van der Waals surface area contributed by atoms with Gasteiger partial charge < -0.3 is 24.7 Å². The molecule has 6 rings (SSSR count). The zero-order valence-electron chi connectivity index (χ0n) is 17.8. The summed E-state index contributed by atoms with van der Waals surface area (Å²) in [5, 5.41) is 10.4. The van der Waals surface area contributed by atoms with Gasteiger partial charge in [-0.2, -0.15) is 5.10 Å². The van der Waals surface area contributed by atoms with E-state index >= 15 is 0 Å². The van der Waals surface area contributed by atoms with E-state index in [-0.39, 0.29) is 29.9 Å². The van der Waals surface area contributed by atoms with E-state index < -0.39 is 0 Å². The van der Waals surface area contributed by atoms with Crippen LogP contribution in [0.15, 0.2) is 66.0 Å². The highest BCUT2D eigenvalue weighted by Crippen LogP contribution is 2.35. The predicted molar refractivity (Wildman–Crippen MR) is 126 cm³/mol. The van der Waals surface area contributed by atoms with Crippen molar-refractivity contribution >= 4 is 28.5 Å². The van der Waals surface area contributed by atoms with Crippen LogP contribution in [0.5, 0.6) is 11.5 Å². The van der Waals surface area contributed by atoms with Crippen LogP contribution < -0.4 is 25.6 Å². The van der Waals surface area contributed by atoms with E-state index in [1.165, 1.54) is 17.3 Å². The maximum Gasteiger partial charge on any atom is 0.234 e. The van der Waals surface area contributed by atoms with E-state index in [2.05, 4.69) is 55.4 Å². The van der Waals surface area contributed by atoms with E-state index in [1.54, 1.807) is 6.07 Å². The van der Waals surface area contributed by atoms with Crippen LogP contribution in [0.3, 0.4) is 0 Å². The van der Waals surface area contributed by atoms with Crippen molar-refractivity contribution in [2.45, 2.75) is 24.7 Å². The fourth-order valence-corrected chi connectivity index (χ4v) is 5.27. The molecule has 2 aromatic rings. The maximum absolute atomic E-state index is 12.5. The number of amidine groups is 1. The number of hydrazone groups is 1. The normalized spacial score (nSPS) is 24.6. The summed E-state index contributed by atoms with van der Waals surface area (Å²) < 4.78 is 11.1. The number of nitrogens with zero attached hydrogens (tertiary/aromatic N) is 3. The molecule has 170 valence electrons. The van der Waals surface area contributed by atoms with Crippen molar-refractivity contribution in [2.75, 3.05) is 24.3 Å². The van der Waals surface area contributed by atoms with Crippen molar-refractivity contribution < 1.29 is 14.3 Å². The number of hydrazine groups is 1. The Labute approximate surface area is 195 Å². The Morgan fingerprint density at radius 1 is 1.12 bits per heavy atom. The second-order valence-electron chi connectivity index (χ2n) is 8.17. The van der Waals surface area contributed by atoms with Gasteiger partial charge in [-0.1, -0.05) is 42.1 Å². The standard InChI is InChI=1S/C23H24N6O3S/c30-21(24-16-6-7-19-20(12-16)32-11-10-31-19)14-33-23-26-25-22-18-13-17(15-4-2-1-3-5-15)27-29(18)9-8-28(22)23/h1-9,12,17-18,22,25,27H,10-11,13-14H2,(H,24,30). The predicted octanol–water partition coefficient (Wildman–Crippen LogP) is 2.44. The van der Waals surface area contributed by atoms with Gasteiger partial charge in [0.25, 0.3) is 0 Å². The molecule has 0 radical (unpaired) electrons. The number of nitrogens with one attached hydrogen (secondary N) is 3. The summed E-state index contributed by atoms with van der Waals surface area (Å²) in [6.45, 7) is 1.05. The average molecular weight is 465 g/mol. The third kappa shape index (κ3) is 3.96. The molecule has 4 aliphatic rings. The summed E-state index contributed by atoms with van der Waals surface area (Å²) in [4.78, 5) is 14.7. The second kappa shape index (κ2) is 8.53. The number of hydrogen-bond donors (Lipinski definition) is 3. The van der Waals surface area contributed by atoms with E-state index in [9.17, 15) is 4.79 Å². The third-order valence-corrected chi connectivity index (χ3v) is 7.03. The molecule has 0 bridgehead atoms. The monoisotopic (exact) mass is 464 g/mol. The van der Waals surface area contributed by atoms with Crippen LogP contribution in [0.4, 0.5) is 5.69 Å². The molecular formula is C23H24N6O3S. The molecule has 3 unspecified atom stereocenters. The lowest BCUT2D eigenvalue weighted by Gasteiger charge is -2.36. The van der Waals surface area contributed by atoms with Crippen molar-refractivity contribution in [3.63, 3.8) is 0 Å². The molecule has 2 aromatic carbocycles. The molecule has 1 saturated heterocycles. The number of fused-ring (bicyclic) bond motifs is 4. The summed E-state index contributed by atoms with van der Waals surface area (Å²) in [6.07, 6.45) is 5.04. The zero-order valence-corrected chi connectivity index (χ0v) is 18.6. The molecule has 0 aliphatic carbocycles.